The van der Waals surface area contributed by atoms with Gasteiger partial charge in [0.05, 0.1) is 5.56 Å². The maximum Gasteiger partial charge on any atom is 0.335 e. The van der Waals surface area contributed by atoms with Crippen LogP contribution in [0, 0.1) is 5.92 Å². The SMILES string of the molecule is CC(C)C(/C(N)=N/O)c1ccc(C(=O)O)cc1. The minimum atomic E-state index is -0.971. The van der Waals surface area contributed by atoms with Crippen LogP contribution in [0.4, 0.5) is 0 Å². The Bertz CT molecular complexity index is 424. The van der Waals surface area contributed by atoms with Crippen molar-refractivity contribution in [2.24, 2.45) is 16.8 Å². The minimum Gasteiger partial charge on any atom is -0.478 e. The van der Waals surface area contributed by atoms with Gasteiger partial charge in [-0.3, -0.25) is 0 Å². The van der Waals surface area contributed by atoms with Crippen LogP contribution in [0.25, 0.3) is 0 Å². The lowest BCUT2D eigenvalue weighted by Crippen LogP contribution is -2.26. The lowest BCUT2D eigenvalue weighted by molar-refractivity contribution is 0.0697. The zero-order valence-corrected chi connectivity index (χ0v) is 9.79. The molecule has 1 aromatic rings. The average molecular weight is 236 g/mol. The predicted molar refractivity (Wildman–Crippen MR) is 64.4 cm³/mol. The average Bonchev–Trinajstić information content (AvgIpc) is 2.29. The van der Waals surface area contributed by atoms with Crippen LogP contribution < -0.4 is 5.73 Å². The molecule has 0 saturated heterocycles. The van der Waals surface area contributed by atoms with E-state index in [2.05, 4.69) is 5.16 Å². The molecule has 0 amide bonds. The molecule has 0 spiro atoms. The molecule has 0 aliphatic carbocycles. The quantitative estimate of drug-likeness (QED) is 0.322. The zero-order valence-electron chi connectivity index (χ0n) is 9.79. The standard InChI is InChI=1S/C12H16N2O3/c1-7(2)10(11(13)14-17)8-3-5-9(6-4-8)12(15)16/h3-7,10,17H,1-2H3,(H2,13,14)(H,15,16). The number of amidine groups is 1. The van der Waals surface area contributed by atoms with E-state index < -0.39 is 5.97 Å². The summed E-state index contributed by atoms with van der Waals surface area (Å²) in [6.07, 6.45) is 0. The molecular formula is C12H16N2O3. The van der Waals surface area contributed by atoms with E-state index in [1.54, 1.807) is 12.1 Å². The van der Waals surface area contributed by atoms with Gasteiger partial charge < -0.3 is 16.0 Å². The van der Waals surface area contributed by atoms with Crippen molar-refractivity contribution < 1.29 is 15.1 Å². The van der Waals surface area contributed by atoms with Gasteiger partial charge in [0.15, 0.2) is 0 Å². The summed E-state index contributed by atoms with van der Waals surface area (Å²) in [7, 11) is 0. The van der Waals surface area contributed by atoms with Crippen LogP contribution in [0.3, 0.4) is 0 Å². The Morgan fingerprint density at radius 2 is 1.82 bits per heavy atom. The zero-order chi connectivity index (χ0) is 13.0. The van der Waals surface area contributed by atoms with Crippen molar-refractivity contribution in [1.29, 1.82) is 0 Å². The third kappa shape index (κ3) is 2.96. The van der Waals surface area contributed by atoms with E-state index in [0.717, 1.165) is 5.56 Å². The molecule has 1 atom stereocenters. The first-order valence-electron chi connectivity index (χ1n) is 5.28. The van der Waals surface area contributed by atoms with Crippen molar-refractivity contribution in [3.63, 3.8) is 0 Å². The summed E-state index contributed by atoms with van der Waals surface area (Å²) in [6, 6.07) is 6.40. The number of hydrogen-bond acceptors (Lipinski definition) is 3. The number of nitrogens with two attached hydrogens (primary N) is 1. The van der Waals surface area contributed by atoms with E-state index in [9.17, 15) is 4.79 Å². The van der Waals surface area contributed by atoms with Crippen molar-refractivity contribution in [3.05, 3.63) is 35.4 Å². The van der Waals surface area contributed by atoms with Gasteiger partial charge in [-0.2, -0.15) is 0 Å². The molecule has 0 radical (unpaired) electrons. The second-order valence-corrected chi connectivity index (χ2v) is 4.17. The van der Waals surface area contributed by atoms with Crippen LogP contribution in [-0.2, 0) is 0 Å². The van der Waals surface area contributed by atoms with Gasteiger partial charge >= 0.3 is 5.97 Å². The van der Waals surface area contributed by atoms with Gasteiger partial charge in [-0.05, 0) is 23.6 Å². The predicted octanol–water partition coefficient (Wildman–Crippen LogP) is 1.87. The van der Waals surface area contributed by atoms with Crippen molar-refractivity contribution >= 4 is 11.8 Å². The first-order valence-corrected chi connectivity index (χ1v) is 5.28. The molecule has 1 rings (SSSR count). The lowest BCUT2D eigenvalue weighted by Gasteiger charge is -2.19. The molecule has 0 fully saturated rings. The Morgan fingerprint density at radius 1 is 1.29 bits per heavy atom. The summed E-state index contributed by atoms with van der Waals surface area (Å²) in [5, 5.41) is 20.5. The number of nitrogens with zero attached hydrogens (tertiary/aromatic N) is 1. The van der Waals surface area contributed by atoms with Crippen molar-refractivity contribution in [3.8, 4) is 0 Å². The van der Waals surface area contributed by atoms with Gasteiger partial charge in [0.1, 0.15) is 5.84 Å². The van der Waals surface area contributed by atoms with Gasteiger partial charge in [0, 0.05) is 5.92 Å². The number of aromatic carboxylic acids is 1. The van der Waals surface area contributed by atoms with E-state index in [1.165, 1.54) is 12.1 Å². The fourth-order valence-electron chi connectivity index (χ4n) is 1.79. The molecule has 17 heavy (non-hydrogen) atoms. The molecule has 5 heteroatoms. The van der Waals surface area contributed by atoms with E-state index in [4.69, 9.17) is 16.0 Å². The number of rotatable bonds is 4. The molecule has 5 nitrogen and oxygen atoms in total. The van der Waals surface area contributed by atoms with Crippen molar-refractivity contribution in [2.45, 2.75) is 19.8 Å². The Balaban J connectivity index is 3.08. The molecule has 0 heterocycles. The van der Waals surface area contributed by atoms with E-state index in [0.29, 0.717) is 0 Å². The van der Waals surface area contributed by atoms with Gasteiger partial charge in [-0.25, -0.2) is 4.79 Å². The summed E-state index contributed by atoms with van der Waals surface area (Å²) >= 11 is 0. The minimum absolute atomic E-state index is 0.128. The third-order valence-electron chi connectivity index (χ3n) is 2.62. The summed E-state index contributed by atoms with van der Waals surface area (Å²) in [6.45, 7) is 3.90. The molecule has 0 aliphatic heterocycles. The summed E-state index contributed by atoms with van der Waals surface area (Å²) in [5.74, 6) is -0.908. The van der Waals surface area contributed by atoms with E-state index in [1.807, 2.05) is 13.8 Å². The summed E-state index contributed by atoms with van der Waals surface area (Å²) in [4.78, 5) is 10.7. The van der Waals surface area contributed by atoms with Gasteiger partial charge in [0.25, 0.3) is 0 Å². The fraction of sp³-hybridized carbons (Fsp3) is 0.333. The van der Waals surface area contributed by atoms with Gasteiger partial charge in [-0.15, -0.1) is 0 Å². The lowest BCUT2D eigenvalue weighted by atomic mass is 9.87. The third-order valence-corrected chi connectivity index (χ3v) is 2.62. The van der Waals surface area contributed by atoms with Crippen LogP contribution >= 0.6 is 0 Å². The smallest absolute Gasteiger partial charge is 0.335 e. The number of benzene rings is 1. The summed E-state index contributed by atoms with van der Waals surface area (Å²) in [5.41, 5.74) is 6.68. The van der Waals surface area contributed by atoms with Crippen LogP contribution in [0.15, 0.2) is 29.4 Å². The Labute approximate surface area is 99.6 Å². The molecule has 1 aromatic carbocycles. The molecular weight excluding hydrogens is 220 g/mol. The van der Waals surface area contributed by atoms with Crippen LogP contribution in [-0.4, -0.2) is 22.1 Å². The van der Waals surface area contributed by atoms with E-state index >= 15 is 0 Å². The second-order valence-electron chi connectivity index (χ2n) is 4.17. The summed E-state index contributed by atoms with van der Waals surface area (Å²) < 4.78 is 0. The molecule has 0 aliphatic rings. The first-order chi connectivity index (χ1) is 7.97. The highest BCUT2D eigenvalue weighted by Gasteiger charge is 2.20. The molecule has 0 aromatic heterocycles. The normalized spacial score (nSPS) is 13.7. The van der Waals surface area contributed by atoms with Gasteiger partial charge in [-0.1, -0.05) is 31.1 Å². The molecule has 1 unspecified atom stereocenters. The monoisotopic (exact) mass is 236 g/mol. The molecule has 0 bridgehead atoms. The number of carboxylic acid groups (broad SMARTS) is 1. The maximum absolute atomic E-state index is 10.7. The molecule has 4 N–H and O–H groups in total. The number of carboxylic acids is 1. The Kier molecular flexibility index (Phi) is 4.09. The first kappa shape index (κ1) is 13.0. The van der Waals surface area contributed by atoms with Crippen molar-refractivity contribution in [2.75, 3.05) is 0 Å². The highest BCUT2D eigenvalue weighted by molar-refractivity contribution is 5.89. The fourth-order valence-corrected chi connectivity index (χ4v) is 1.79. The maximum atomic E-state index is 10.7. The van der Waals surface area contributed by atoms with Crippen molar-refractivity contribution in [1.82, 2.24) is 0 Å². The second kappa shape index (κ2) is 5.34. The number of oxime groups is 1. The molecule has 92 valence electrons. The van der Waals surface area contributed by atoms with Crippen LogP contribution in [0.5, 0.6) is 0 Å². The Hall–Kier alpha value is -2.04. The molecule has 0 saturated carbocycles. The highest BCUT2D eigenvalue weighted by atomic mass is 16.4. The Morgan fingerprint density at radius 3 is 2.18 bits per heavy atom. The topological polar surface area (TPSA) is 95.9 Å². The van der Waals surface area contributed by atoms with Crippen LogP contribution in [0.1, 0.15) is 35.7 Å². The van der Waals surface area contributed by atoms with E-state index in [-0.39, 0.29) is 23.2 Å². The number of hydrogen-bond donors (Lipinski definition) is 3. The highest BCUT2D eigenvalue weighted by Crippen LogP contribution is 2.24. The van der Waals surface area contributed by atoms with Gasteiger partial charge in [0.2, 0.25) is 0 Å². The van der Waals surface area contributed by atoms with Crippen LogP contribution in [0.2, 0.25) is 0 Å². The largest absolute Gasteiger partial charge is 0.478 e. The number of carbonyl (C=O) groups is 1.